The Morgan fingerprint density at radius 2 is 1.72 bits per heavy atom. The van der Waals surface area contributed by atoms with Crippen molar-refractivity contribution in [3.05, 3.63) is 70.6 Å². The topological polar surface area (TPSA) is 75.3 Å². The summed E-state index contributed by atoms with van der Waals surface area (Å²) in [7, 11) is 3.27. The fraction of sp³-hybridized carbons (Fsp3) is 0.100. The Labute approximate surface area is 145 Å². The van der Waals surface area contributed by atoms with E-state index in [0.717, 1.165) is 11.1 Å². The van der Waals surface area contributed by atoms with E-state index in [4.69, 9.17) is 9.15 Å². The molecular weight excluding hydrogens is 316 g/mol. The van der Waals surface area contributed by atoms with Crippen LogP contribution in [0.2, 0.25) is 0 Å². The number of ether oxygens (including phenoxy) is 1. The molecule has 0 aliphatic heterocycles. The zero-order valence-corrected chi connectivity index (χ0v) is 13.9. The Kier molecular flexibility index (Phi) is 4.53. The fourth-order valence-corrected chi connectivity index (χ4v) is 2.71. The molecule has 25 heavy (non-hydrogen) atoms. The van der Waals surface area contributed by atoms with E-state index >= 15 is 0 Å². The number of nitrogens with one attached hydrogen (secondary N) is 1. The Hall–Kier alpha value is -3.52. The van der Waals surface area contributed by atoms with Gasteiger partial charge in [-0.25, -0.2) is 4.79 Å². The maximum atomic E-state index is 12.3. The Morgan fingerprint density at radius 1 is 1.04 bits per heavy atom. The van der Waals surface area contributed by atoms with Crippen LogP contribution in [0.25, 0.3) is 22.5 Å². The van der Waals surface area contributed by atoms with Crippen molar-refractivity contribution in [3.8, 4) is 34.3 Å². The molecule has 0 aliphatic rings. The lowest BCUT2D eigenvalue weighted by atomic mass is 9.97. The smallest absolute Gasteiger partial charge is 0.356 e. The van der Waals surface area contributed by atoms with Gasteiger partial charge < -0.3 is 14.5 Å². The van der Waals surface area contributed by atoms with E-state index in [0.29, 0.717) is 22.8 Å². The minimum absolute atomic E-state index is 0.0429. The van der Waals surface area contributed by atoms with E-state index in [1.165, 1.54) is 0 Å². The summed E-state index contributed by atoms with van der Waals surface area (Å²) in [4.78, 5) is 12.3. The third-order valence-electron chi connectivity index (χ3n) is 3.90. The van der Waals surface area contributed by atoms with E-state index in [9.17, 15) is 10.1 Å². The zero-order valence-electron chi connectivity index (χ0n) is 13.9. The van der Waals surface area contributed by atoms with E-state index < -0.39 is 5.63 Å². The lowest BCUT2D eigenvalue weighted by Gasteiger charge is -2.15. The fourth-order valence-electron chi connectivity index (χ4n) is 2.71. The predicted molar refractivity (Wildman–Crippen MR) is 96.7 cm³/mol. The molecule has 124 valence electrons. The number of methoxy groups -OCH3 is 1. The van der Waals surface area contributed by atoms with Crippen molar-refractivity contribution in [2.75, 3.05) is 19.5 Å². The minimum atomic E-state index is -0.669. The number of nitriles is 1. The van der Waals surface area contributed by atoms with Crippen LogP contribution in [-0.4, -0.2) is 14.2 Å². The predicted octanol–water partition coefficient (Wildman–Crippen LogP) is 3.90. The molecular formula is C20H16N2O3. The first-order valence-corrected chi connectivity index (χ1v) is 7.68. The molecule has 0 saturated heterocycles. The van der Waals surface area contributed by atoms with Gasteiger partial charge in [0.25, 0.3) is 0 Å². The average molecular weight is 332 g/mol. The van der Waals surface area contributed by atoms with Gasteiger partial charge in [0.1, 0.15) is 17.6 Å². The average Bonchev–Trinajstić information content (AvgIpc) is 2.67. The van der Waals surface area contributed by atoms with Crippen molar-refractivity contribution in [1.82, 2.24) is 0 Å². The van der Waals surface area contributed by atoms with E-state index in [1.807, 2.05) is 48.5 Å². The molecule has 1 heterocycles. The maximum Gasteiger partial charge on any atom is 0.356 e. The van der Waals surface area contributed by atoms with Crippen LogP contribution in [0.4, 0.5) is 5.69 Å². The number of hydrogen-bond acceptors (Lipinski definition) is 5. The van der Waals surface area contributed by atoms with Gasteiger partial charge in [-0.05, 0) is 29.8 Å². The van der Waals surface area contributed by atoms with E-state index in [-0.39, 0.29) is 5.56 Å². The first kappa shape index (κ1) is 16.3. The van der Waals surface area contributed by atoms with Crippen LogP contribution in [0, 0.1) is 11.3 Å². The lowest BCUT2D eigenvalue weighted by Crippen LogP contribution is -2.11. The van der Waals surface area contributed by atoms with Crippen LogP contribution in [0.3, 0.4) is 0 Å². The van der Waals surface area contributed by atoms with Gasteiger partial charge in [0.2, 0.25) is 0 Å². The molecule has 1 N–H and O–H groups in total. The number of nitrogens with zero attached hydrogens (tertiary/aromatic N) is 1. The molecule has 0 amide bonds. The van der Waals surface area contributed by atoms with Gasteiger partial charge in [-0.3, -0.25) is 0 Å². The summed E-state index contributed by atoms with van der Waals surface area (Å²) in [5.74, 6) is 1.11. The van der Waals surface area contributed by atoms with Crippen molar-refractivity contribution in [2.24, 2.45) is 0 Å². The van der Waals surface area contributed by atoms with Crippen molar-refractivity contribution in [2.45, 2.75) is 0 Å². The second-order valence-electron chi connectivity index (χ2n) is 5.30. The number of benzene rings is 2. The molecule has 0 radical (unpaired) electrons. The minimum Gasteiger partial charge on any atom is -0.497 e. The summed E-state index contributed by atoms with van der Waals surface area (Å²) in [6, 6.07) is 18.7. The Morgan fingerprint density at radius 3 is 2.28 bits per heavy atom. The van der Waals surface area contributed by atoms with E-state index in [1.54, 1.807) is 26.3 Å². The highest BCUT2D eigenvalue weighted by Crippen LogP contribution is 2.38. The molecule has 5 nitrogen and oxygen atoms in total. The molecule has 0 fully saturated rings. The standard InChI is InChI=1S/C20H16N2O3/c1-22-18-16(12-21)20(23)25-19(14-8-10-15(24-2)11-9-14)17(18)13-6-4-3-5-7-13/h3-11,22H,1-2H3. The van der Waals surface area contributed by atoms with Gasteiger partial charge in [-0.1, -0.05) is 30.3 Å². The van der Waals surface area contributed by atoms with Gasteiger partial charge >= 0.3 is 5.63 Å². The molecule has 2 aromatic carbocycles. The molecule has 3 rings (SSSR count). The third kappa shape index (κ3) is 2.98. The van der Waals surface area contributed by atoms with Crippen LogP contribution >= 0.6 is 0 Å². The van der Waals surface area contributed by atoms with Crippen LogP contribution in [0.15, 0.2) is 63.8 Å². The molecule has 5 heteroatoms. The van der Waals surface area contributed by atoms with Crippen molar-refractivity contribution >= 4 is 5.69 Å². The van der Waals surface area contributed by atoms with Crippen LogP contribution in [-0.2, 0) is 0 Å². The summed E-state index contributed by atoms with van der Waals surface area (Å²) in [5.41, 5.74) is 1.98. The summed E-state index contributed by atoms with van der Waals surface area (Å²) in [6.07, 6.45) is 0. The highest BCUT2D eigenvalue weighted by Gasteiger charge is 2.21. The molecule has 0 bridgehead atoms. The van der Waals surface area contributed by atoms with Gasteiger partial charge in [0.05, 0.1) is 12.8 Å². The molecule has 1 aromatic heterocycles. The second kappa shape index (κ2) is 6.93. The first-order chi connectivity index (χ1) is 12.2. The van der Waals surface area contributed by atoms with Crippen LogP contribution < -0.4 is 15.7 Å². The molecule has 0 aliphatic carbocycles. The normalized spacial score (nSPS) is 10.1. The second-order valence-corrected chi connectivity index (χ2v) is 5.30. The quantitative estimate of drug-likeness (QED) is 0.784. The Bertz CT molecular complexity index is 984. The molecule has 0 saturated carbocycles. The molecule has 3 aromatic rings. The maximum absolute atomic E-state index is 12.3. The van der Waals surface area contributed by atoms with Crippen LogP contribution in [0.5, 0.6) is 5.75 Å². The van der Waals surface area contributed by atoms with Crippen molar-refractivity contribution in [1.29, 1.82) is 5.26 Å². The lowest BCUT2D eigenvalue weighted by molar-refractivity contribution is 0.415. The monoisotopic (exact) mass is 332 g/mol. The summed E-state index contributed by atoms with van der Waals surface area (Å²) < 4.78 is 10.7. The highest BCUT2D eigenvalue weighted by atomic mass is 16.5. The van der Waals surface area contributed by atoms with Gasteiger partial charge in [-0.15, -0.1) is 0 Å². The molecule has 0 spiro atoms. The summed E-state index contributed by atoms with van der Waals surface area (Å²) in [5, 5.41) is 12.3. The first-order valence-electron chi connectivity index (χ1n) is 7.68. The number of hydrogen-bond donors (Lipinski definition) is 1. The van der Waals surface area contributed by atoms with Gasteiger partial charge in [0, 0.05) is 18.2 Å². The SMILES string of the molecule is CNc1c(-c2ccccc2)c(-c2ccc(OC)cc2)oc(=O)c1C#N. The van der Waals surface area contributed by atoms with Gasteiger partial charge in [-0.2, -0.15) is 5.26 Å². The number of anilines is 1. The third-order valence-corrected chi connectivity index (χ3v) is 3.90. The summed E-state index contributed by atoms with van der Waals surface area (Å²) >= 11 is 0. The zero-order chi connectivity index (χ0) is 17.8. The molecule has 0 atom stereocenters. The summed E-state index contributed by atoms with van der Waals surface area (Å²) in [6.45, 7) is 0. The van der Waals surface area contributed by atoms with Crippen LogP contribution in [0.1, 0.15) is 5.56 Å². The highest BCUT2D eigenvalue weighted by molar-refractivity contribution is 5.91. The van der Waals surface area contributed by atoms with Gasteiger partial charge in [0.15, 0.2) is 5.56 Å². The number of rotatable bonds is 4. The Balaban J connectivity index is 2.36. The van der Waals surface area contributed by atoms with Crippen molar-refractivity contribution in [3.63, 3.8) is 0 Å². The van der Waals surface area contributed by atoms with E-state index in [2.05, 4.69) is 5.32 Å². The largest absolute Gasteiger partial charge is 0.497 e. The molecule has 0 unspecified atom stereocenters. The van der Waals surface area contributed by atoms with Crippen molar-refractivity contribution < 1.29 is 9.15 Å².